The first-order chi connectivity index (χ1) is 9.56. The van der Waals surface area contributed by atoms with Gasteiger partial charge in [0, 0.05) is 11.6 Å². The van der Waals surface area contributed by atoms with E-state index in [0.29, 0.717) is 17.0 Å². The molecule has 1 aromatic carbocycles. The van der Waals surface area contributed by atoms with E-state index in [-0.39, 0.29) is 11.7 Å². The standard InChI is InChI=1S/C16H15NO3/c1-11-7-8-13(20-11)9-10-16(19)17-15-6-4-3-5-14(15)12(2)18/h3-10H,1-2H3,(H,17,19). The second-order valence-electron chi connectivity index (χ2n) is 4.37. The minimum absolute atomic E-state index is 0.0912. The first-order valence-electron chi connectivity index (χ1n) is 6.22. The van der Waals surface area contributed by atoms with Crippen molar-refractivity contribution in [3.63, 3.8) is 0 Å². The molecule has 0 aliphatic rings. The highest BCUT2D eigenvalue weighted by Gasteiger charge is 2.07. The summed E-state index contributed by atoms with van der Waals surface area (Å²) in [5.41, 5.74) is 0.994. The van der Waals surface area contributed by atoms with E-state index in [9.17, 15) is 9.59 Å². The highest BCUT2D eigenvalue weighted by Crippen LogP contribution is 2.15. The molecule has 1 aromatic heterocycles. The topological polar surface area (TPSA) is 59.3 Å². The molecule has 0 saturated carbocycles. The average Bonchev–Trinajstić information content (AvgIpc) is 2.83. The summed E-state index contributed by atoms with van der Waals surface area (Å²) in [6.45, 7) is 3.30. The van der Waals surface area contributed by atoms with Gasteiger partial charge in [0.2, 0.25) is 5.91 Å². The molecule has 20 heavy (non-hydrogen) atoms. The highest BCUT2D eigenvalue weighted by atomic mass is 16.3. The number of hydrogen-bond donors (Lipinski definition) is 1. The predicted molar refractivity (Wildman–Crippen MR) is 77.6 cm³/mol. The lowest BCUT2D eigenvalue weighted by Crippen LogP contribution is -2.11. The van der Waals surface area contributed by atoms with Crippen molar-refractivity contribution < 1.29 is 14.0 Å². The van der Waals surface area contributed by atoms with Gasteiger partial charge in [0.25, 0.3) is 0 Å². The van der Waals surface area contributed by atoms with E-state index in [0.717, 1.165) is 5.76 Å². The van der Waals surface area contributed by atoms with Crippen molar-refractivity contribution in [3.05, 3.63) is 59.6 Å². The molecule has 1 amide bonds. The number of aryl methyl sites for hydroxylation is 1. The zero-order chi connectivity index (χ0) is 14.5. The molecule has 1 heterocycles. The normalized spacial score (nSPS) is 10.7. The highest BCUT2D eigenvalue weighted by molar-refractivity contribution is 6.07. The third kappa shape index (κ3) is 3.45. The number of Topliss-reactive ketones (excluding diaryl/α,β-unsaturated/α-hetero) is 1. The van der Waals surface area contributed by atoms with Crippen LogP contribution in [-0.2, 0) is 4.79 Å². The molecule has 0 aliphatic carbocycles. The summed E-state index contributed by atoms with van der Waals surface area (Å²) in [6.07, 6.45) is 2.95. The summed E-state index contributed by atoms with van der Waals surface area (Å²) in [6, 6.07) is 10.5. The van der Waals surface area contributed by atoms with Crippen LogP contribution in [0.3, 0.4) is 0 Å². The van der Waals surface area contributed by atoms with Crippen LogP contribution in [0.5, 0.6) is 0 Å². The molecule has 1 N–H and O–H groups in total. The van der Waals surface area contributed by atoms with Crippen LogP contribution in [0.15, 0.2) is 46.9 Å². The quantitative estimate of drug-likeness (QED) is 0.683. The number of carbonyl (C=O) groups is 2. The first-order valence-corrected chi connectivity index (χ1v) is 6.22. The molecular weight excluding hydrogens is 254 g/mol. The van der Waals surface area contributed by atoms with Crippen molar-refractivity contribution in [3.8, 4) is 0 Å². The monoisotopic (exact) mass is 269 g/mol. The number of benzene rings is 1. The van der Waals surface area contributed by atoms with Crippen LogP contribution < -0.4 is 5.32 Å². The van der Waals surface area contributed by atoms with Gasteiger partial charge in [0.1, 0.15) is 11.5 Å². The molecule has 102 valence electrons. The van der Waals surface area contributed by atoms with Gasteiger partial charge in [-0.1, -0.05) is 12.1 Å². The van der Waals surface area contributed by atoms with Gasteiger partial charge in [-0.05, 0) is 44.2 Å². The minimum atomic E-state index is -0.312. The van der Waals surface area contributed by atoms with E-state index in [2.05, 4.69) is 5.32 Å². The Morgan fingerprint density at radius 2 is 1.90 bits per heavy atom. The molecule has 0 radical (unpaired) electrons. The Morgan fingerprint density at radius 1 is 1.15 bits per heavy atom. The van der Waals surface area contributed by atoms with Gasteiger partial charge in [-0.15, -0.1) is 0 Å². The molecule has 0 atom stereocenters. The van der Waals surface area contributed by atoms with Crippen LogP contribution in [0.25, 0.3) is 6.08 Å². The largest absolute Gasteiger partial charge is 0.462 e. The van der Waals surface area contributed by atoms with Gasteiger partial charge < -0.3 is 9.73 Å². The van der Waals surface area contributed by atoms with Crippen LogP contribution >= 0.6 is 0 Å². The van der Waals surface area contributed by atoms with Gasteiger partial charge >= 0.3 is 0 Å². The maximum Gasteiger partial charge on any atom is 0.248 e. The lowest BCUT2D eigenvalue weighted by Gasteiger charge is -2.06. The zero-order valence-corrected chi connectivity index (χ0v) is 11.3. The van der Waals surface area contributed by atoms with E-state index in [1.807, 2.05) is 13.0 Å². The minimum Gasteiger partial charge on any atom is -0.462 e. The summed E-state index contributed by atoms with van der Waals surface area (Å²) in [5, 5.41) is 2.68. The first kappa shape index (κ1) is 13.8. The lowest BCUT2D eigenvalue weighted by molar-refractivity contribution is -0.111. The Labute approximate surface area is 117 Å². The second kappa shape index (κ2) is 6.02. The fourth-order valence-corrected chi connectivity index (χ4v) is 1.77. The molecule has 0 bridgehead atoms. The molecule has 2 aromatic rings. The number of carbonyl (C=O) groups excluding carboxylic acids is 2. The summed E-state index contributed by atoms with van der Waals surface area (Å²) in [5.74, 6) is 0.990. The number of anilines is 1. The molecule has 0 saturated heterocycles. The number of ketones is 1. The smallest absolute Gasteiger partial charge is 0.248 e. The number of furan rings is 1. The number of hydrogen-bond acceptors (Lipinski definition) is 3. The summed E-state index contributed by atoms with van der Waals surface area (Å²) >= 11 is 0. The van der Waals surface area contributed by atoms with Crippen molar-refractivity contribution in [2.75, 3.05) is 5.32 Å². The maximum atomic E-state index is 11.8. The molecule has 0 spiro atoms. The van der Waals surface area contributed by atoms with Gasteiger partial charge in [0.05, 0.1) is 5.69 Å². The zero-order valence-electron chi connectivity index (χ0n) is 11.3. The molecule has 0 fully saturated rings. The van der Waals surface area contributed by atoms with Crippen molar-refractivity contribution in [1.82, 2.24) is 0 Å². The number of nitrogens with one attached hydrogen (secondary N) is 1. The van der Waals surface area contributed by atoms with Gasteiger partial charge in [0.15, 0.2) is 5.78 Å². The van der Waals surface area contributed by atoms with Crippen molar-refractivity contribution in [1.29, 1.82) is 0 Å². The Kier molecular flexibility index (Phi) is 4.15. The van der Waals surface area contributed by atoms with E-state index in [1.165, 1.54) is 13.0 Å². The van der Waals surface area contributed by atoms with E-state index >= 15 is 0 Å². The molecule has 0 aliphatic heterocycles. The molecular formula is C16H15NO3. The van der Waals surface area contributed by atoms with Crippen LogP contribution in [0.4, 0.5) is 5.69 Å². The molecule has 2 rings (SSSR count). The molecule has 0 unspecified atom stereocenters. The van der Waals surface area contributed by atoms with Crippen LogP contribution in [0, 0.1) is 6.92 Å². The van der Waals surface area contributed by atoms with Crippen LogP contribution in [0.2, 0.25) is 0 Å². The maximum absolute atomic E-state index is 11.8. The van der Waals surface area contributed by atoms with Crippen molar-refractivity contribution in [2.24, 2.45) is 0 Å². The lowest BCUT2D eigenvalue weighted by atomic mass is 10.1. The van der Waals surface area contributed by atoms with Crippen LogP contribution in [-0.4, -0.2) is 11.7 Å². The third-order valence-electron chi connectivity index (χ3n) is 2.72. The summed E-state index contributed by atoms with van der Waals surface area (Å²) < 4.78 is 5.33. The average molecular weight is 269 g/mol. The molecule has 4 heteroatoms. The van der Waals surface area contributed by atoms with Gasteiger partial charge in [-0.3, -0.25) is 9.59 Å². The van der Waals surface area contributed by atoms with E-state index in [1.54, 1.807) is 36.4 Å². The summed E-state index contributed by atoms with van der Waals surface area (Å²) in [7, 11) is 0. The number of rotatable bonds is 4. The SMILES string of the molecule is CC(=O)c1ccccc1NC(=O)C=Cc1ccc(C)o1. The summed E-state index contributed by atoms with van der Waals surface area (Å²) in [4.78, 5) is 23.3. The fourth-order valence-electron chi connectivity index (χ4n) is 1.77. The number of para-hydroxylation sites is 1. The molecule has 4 nitrogen and oxygen atoms in total. The van der Waals surface area contributed by atoms with Gasteiger partial charge in [-0.25, -0.2) is 0 Å². The predicted octanol–water partition coefficient (Wildman–Crippen LogP) is 3.44. The third-order valence-corrected chi connectivity index (χ3v) is 2.72. The fraction of sp³-hybridized carbons (Fsp3) is 0.125. The van der Waals surface area contributed by atoms with Gasteiger partial charge in [-0.2, -0.15) is 0 Å². The van der Waals surface area contributed by atoms with Crippen LogP contribution in [0.1, 0.15) is 28.8 Å². The Balaban J connectivity index is 2.09. The van der Waals surface area contributed by atoms with E-state index < -0.39 is 0 Å². The van der Waals surface area contributed by atoms with E-state index in [4.69, 9.17) is 4.42 Å². The number of amides is 1. The second-order valence-corrected chi connectivity index (χ2v) is 4.37. The van der Waals surface area contributed by atoms with Crippen molar-refractivity contribution in [2.45, 2.75) is 13.8 Å². The Bertz CT molecular complexity index is 668. The Morgan fingerprint density at radius 3 is 2.55 bits per heavy atom. The Hall–Kier alpha value is -2.62. The van der Waals surface area contributed by atoms with Crippen molar-refractivity contribution >= 4 is 23.5 Å².